The summed E-state index contributed by atoms with van der Waals surface area (Å²) >= 11 is 3.36. The van der Waals surface area contributed by atoms with E-state index in [-0.39, 0.29) is 11.6 Å². The Labute approximate surface area is 149 Å². The number of amides is 2. The van der Waals surface area contributed by atoms with Gasteiger partial charge in [-0.1, -0.05) is 52.3 Å². The van der Waals surface area contributed by atoms with Crippen LogP contribution in [-0.4, -0.2) is 11.8 Å². The Morgan fingerprint density at radius 2 is 1.79 bits per heavy atom. The lowest BCUT2D eigenvalue weighted by molar-refractivity contribution is -0.113. The third kappa shape index (κ3) is 5.21. The summed E-state index contributed by atoms with van der Waals surface area (Å²) in [5.74, 6) is -0.730. The van der Waals surface area contributed by atoms with Crippen LogP contribution in [0.25, 0.3) is 0 Å². The van der Waals surface area contributed by atoms with E-state index in [0.29, 0.717) is 11.3 Å². The van der Waals surface area contributed by atoms with Gasteiger partial charge in [-0.25, -0.2) is 0 Å². The lowest BCUT2D eigenvalue weighted by atomic mass is 10.2. The molecular formula is C19H17BrN2O2. The van der Waals surface area contributed by atoms with Crippen molar-refractivity contribution in [3.05, 3.63) is 88.6 Å². The topological polar surface area (TPSA) is 58.2 Å². The molecule has 5 heteroatoms. The number of benzene rings is 2. The number of hydrogen-bond donors (Lipinski definition) is 2. The molecule has 2 rings (SSSR count). The van der Waals surface area contributed by atoms with Crippen LogP contribution in [0.5, 0.6) is 0 Å². The largest absolute Gasteiger partial charge is 0.321 e. The van der Waals surface area contributed by atoms with Crippen LogP contribution in [0.1, 0.15) is 17.3 Å². The molecule has 24 heavy (non-hydrogen) atoms. The fourth-order valence-electron chi connectivity index (χ4n) is 1.92. The SMILES string of the molecule is CC=CC=C(NC(=O)c1ccccc1)C(=O)Nc1cccc(Br)c1. The van der Waals surface area contributed by atoms with Crippen molar-refractivity contribution in [2.45, 2.75) is 6.92 Å². The predicted octanol–water partition coefficient (Wildman–Crippen LogP) is 4.28. The smallest absolute Gasteiger partial charge is 0.272 e. The van der Waals surface area contributed by atoms with Gasteiger partial charge in [0.15, 0.2) is 0 Å². The highest BCUT2D eigenvalue weighted by atomic mass is 79.9. The molecule has 0 saturated carbocycles. The second kappa shape index (κ2) is 8.84. The van der Waals surface area contributed by atoms with E-state index < -0.39 is 5.91 Å². The fraction of sp³-hybridized carbons (Fsp3) is 0.0526. The van der Waals surface area contributed by atoms with Crippen LogP contribution < -0.4 is 10.6 Å². The van der Waals surface area contributed by atoms with Gasteiger partial charge in [-0.2, -0.15) is 0 Å². The number of carbonyl (C=O) groups excluding carboxylic acids is 2. The number of halogens is 1. The van der Waals surface area contributed by atoms with Crippen molar-refractivity contribution >= 4 is 33.4 Å². The lowest BCUT2D eigenvalue weighted by Crippen LogP contribution is -2.30. The molecule has 0 saturated heterocycles. The Morgan fingerprint density at radius 3 is 2.46 bits per heavy atom. The number of rotatable bonds is 5. The normalized spacial score (nSPS) is 11.3. The maximum Gasteiger partial charge on any atom is 0.272 e. The minimum Gasteiger partial charge on any atom is -0.321 e. The summed E-state index contributed by atoms with van der Waals surface area (Å²) in [4.78, 5) is 24.7. The number of anilines is 1. The van der Waals surface area contributed by atoms with Crippen LogP contribution in [-0.2, 0) is 4.79 Å². The quantitative estimate of drug-likeness (QED) is 0.596. The average molecular weight is 385 g/mol. The van der Waals surface area contributed by atoms with E-state index in [0.717, 1.165) is 4.47 Å². The second-order valence-electron chi connectivity index (χ2n) is 4.89. The van der Waals surface area contributed by atoms with Gasteiger partial charge in [0.05, 0.1) is 0 Å². The van der Waals surface area contributed by atoms with E-state index in [2.05, 4.69) is 26.6 Å². The summed E-state index contributed by atoms with van der Waals surface area (Å²) in [6.07, 6.45) is 5.04. The minimum atomic E-state index is -0.393. The standard InChI is InChI=1S/C19H17BrN2O2/c1-2-3-12-17(22-18(23)14-8-5-4-6-9-14)19(24)21-16-11-7-10-15(20)13-16/h2-13H,1H3,(H,21,24)(H,22,23). The molecular weight excluding hydrogens is 368 g/mol. The van der Waals surface area contributed by atoms with Crippen LogP contribution in [0, 0.1) is 0 Å². The molecule has 0 aliphatic carbocycles. The van der Waals surface area contributed by atoms with Crippen molar-refractivity contribution in [1.29, 1.82) is 0 Å². The van der Waals surface area contributed by atoms with Crippen molar-refractivity contribution in [3.63, 3.8) is 0 Å². The number of carbonyl (C=O) groups is 2. The molecule has 0 atom stereocenters. The third-order valence-corrected chi connectivity index (χ3v) is 3.56. The van der Waals surface area contributed by atoms with E-state index in [1.807, 2.05) is 25.1 Å². The van der Waals surface area contributed by atoms with Crippen LogP contribution in [0.4, 0.5) is 5.69 Å². The van der Waals surface area contributed by atoms with Gasteiger partial charge in [-0.05, 0) is 43.3 Å². The number of nitrogens with one attached hydrogen (secondary N) is 2. The zero-order chi connectivity index (χ0) is 17.4. The van der Waals surface area contributed by atoms with Gasteiger partial charge in [0.1, 0.15) is 5.70 Å². The van der Waals surface area contributed by atoms with Crippen molar-refractivity contribution < 1.29 is 9.59 Å². The van der Waals surface area contributed by atoms with Gasteiger partial charge in [-0.3, -0.25) is 9.59 Å². The van der Waals surface area contributed by atoms with E-state index in [1.54, 1.807) is 54.6 Å². The Morgan fingerprint density at radius 1 is 1.04 bits per heavy atom. The van der Waals surface area contributed by atoms with E-state index in [1.165, 1.54) is 0 Å². The summed E-state index contributed by atoms with van der Waals surface area (Å²) in [6, 6.07) is 16.0. The van der Waals surface area contributed by atoms with Crippen LogP contribution in [0.15, 0.2) is 83.0 Å². The number of allylic oxidation sites excluding steroid dienone is 3. The van der Waals surface area contributed by atoms with E-state index in [9.17, 15) is 9.59 Å². The van der Waals surface area contributed by atoms with Crippen molar-refractivity contribution in [2.24, 2.45) is 0 Å². The Bertz CT molecular complexity index is 783. The molecule has 0 aliphatic heterocycles. The second-order valence-corrected chi connectivity index (χ2v) is 5.81. The lowest BCUT2D eigenvalue weighted by Gasteiger charge is -2.11. The summed E-state index contributed by atoms with van der Waals surface area (Å²) < 4.78 is 0.854. The predicted molar refractivity (Wildman–Crippen MR) is 99.6 cm³/mol. The zero-order valence-electron chi connectivity index (χ0n) is 13.1. The van der Waals surface area contributed by atoms with Crippen molar-refractivity contribution in [1.82, 2.24) is 5.32 Å². The highest BCUT2D eigenvalue weighted by molar-refractivity contribution is 9.10. The molecule has 2 amide bonds. The molecule has 2 N–H and O–H groups in total. The van der Waals surface area contributed by atoms with Gasteiger partial charge in [0.25, 0.3) is 11.8 Å². The molecule has 4 nitrogen and oxygen atoms in total. The van der Waals surface area contributed by atoms with Crippen molar-refractivity contribution in [2.75, 3.05) is 5.32 Å². The Kier molecular flexibility index (Phi) is 6.51. The monoisotopic (exact) mass is 384 g/mol. The molecule has 0 unspecified atom stereocenters. The van der Waals surface area contributed by atoms with E-state index in [4.69, 9.17) is 0 Å². The van der Waals surface area contributed by atoms with Crippen LogP contribution in [0.2, 0.25) is 0 Å². The molecule has 0 aliphatic rings. The fourth-order valence-corrected chi connectivity index (χ4v) is 2.31. The Hall–Kier alpha value is -2.66. The first-order valence-electron chi connectivity index (χ1n) is 7.36. The van der Waals surface area contributed by atoms with E-state index >= 15 is 0 Å². The first kappa shape index (κ1) is 17.7. The molecule has 122 valence electrons. The summed E-state index contributed by atoms with van der Waals surface area (Å²) in [7, 11) is 0. The summed E-state index contributed by atoms with van der Waals surface area (Å²) in [5.41, 5.74) is 1.29. The van der Waals surface area contributed by atoms with Gasteiger partial charge < -0.3 is 10.6 Å². The molecule has 0 fully saturated rings. The van der Waals surface area contributed by atoms with Gasteiger partial charge in [0.2, 0.25) is 0 Å². The average Bonchev–Trinajstić information content (AvgIpc) is 2.59. The molecule has 2 aromatic rings. The minimum absolute atomic E-state index is 0.168. The molecule has 0 heterocycles. The molecule has 0 spiro atoms. The first-order valence-corrected chi connectivity index (χ1v) is 8.15. The summed E-state index contributed by atoms with van der Waals surface area (Å²) in [5, 5.41) is 5.41. The highest BCUT2D eigenvalue weighted by Gasteiger charge is 2.14. The molecule has 0 radical (unpaired) electrons. The van der Waals surface area contributed by atoms with Gasteiger partial charge in [-0.15, -0.1) is 0 Å². The maximum atomic E-state index is 12.5. The zero-order valence-corrected chi connectivity index (χ0v) is 14.7. The van der Waals surface area contributed by atoms with Crippen LogP contribution >= 0.6 is 15.9 Å². The van der Waals surface area contributed by atoms with Gasteiger partial charge >= 0.3 is 0 Å². The molecule has 2 aromatic carbocycles. The molecule has 0 bridgehead atoms. The first-order chi connectivity index (χ1) is 11.6. The van der Waals surface area contributed by atoms with Crippen molar-refractivity contribution in [3.8, 4) is 0 Å². The van der Waals surface area contributed by atoms with Crippen LogP contribution in [0.3, 0.4) is 0 Å². The molecule has 0 aromatic heterocycles. The maximum absolute atomic E-state index is 12.5. The third-order valence-electron chi connectivity index (χ3n) is 3.07. The number of hydrogen-bond acceptors (Lipinski definition) is 2. The van der Waals surface area contributed by atoms with Gasteiger partial charge in [0, 0.05) is 15.7 Å². The summed E-state index contributed by atoms with van der Waals surface area (Å²) in [6.45, 7) is 1.83. The highest BCUT2D eigenvalue weighted by Crippen LogP contribution is 2.16. The Balaban J connectivity index is 2.16.